The quantitative estimate of drug-likeness (QED) is 0.678. The van der Waals surface area contributed by atoms with Gasteiger partial charge in [0.05, 0.1) is 23.8 Å². The Morgan fingerprint density at radius 1 is 1.26 bits per heavy atom. The molecular weight excluding hydrogens is 296 g/mol. The molecule has 2 aromatic carbocycles. The number of nitro benzene ring substituents is 1. The van der Waals surface area contributed by atoms with Gasteiger partial charge in [-0.2, -0.15) is 0 Å². The summed E-state index contributed by atoms with van der Waals surface area (Å²) in [7, 11) is 1.42. The zero-order valence-electron chi connectivity index (χ0n) is 12.6. The number of nitrogens with zero attached hydrogens (tertiary/aromatic N) is 1. The van der Waals surface area contributed by atoms with Crippen molar-refractivity contribution in [3.63, 3.8) is 0 Å². The maximum Gasteiger partial charge on any atom is 0.273 e. The molecule has 3 rings (SSSR count). The number of hydrogen-bond acceptors (Lipinski definition) is 4. The van der Waals surface area contributed by atoms with Crippen LogP contribution in [0.5, 0.6) is 5.75 Å². The number of anilines is 1. The molecule has 0 unspecified atom stereocenters. The fourth-order valence-electron chi connectivity index (χ4n) is 2.68. The Morgan fingerprint density at radius 3 is 2.65 bits per heavy atom. The Labute approximate surface area is 133 Å². The minimum Gasteiger partial charge on any atom is -0.494 e. The molecule has 0 aromatic heterocycles. The number of nitro groups is 1. The molecule has 6 heteroatoms. The SMILES string of the molecule is COc1cc([N+](=O)[O-])ccc1NC(=O)[C@H]1C[C@@H]1c1ccccc1. The van der Waals surface area contributed by atoms with Crippen molar-refractivity contribution < 1.29 is 14.5 Å². The van der Waals surface area contributed by atoms with E-state index in [1.165, 1.54) is 25.3 Å². The third-order valence-corrected chi connectivity index (χ3v) is 4.01. The van der Waals surface area contributed by atoms with Gasteiger partial charge in [-0.1, -0.05) is 30.3 Å². The van der Waals surface area contributed by atoms with Gasteiger partial charge in [-0.05, 0) is 24.0 Å². The van der Waals surface area contributed by atoms with Crippen LogP contribution in [0.4, 0.5) is 11.4 Å². The lowest BCUT2D eigenvalue weighted by molar-refractivity contribution is -0.384. The zero-order chi connectivity index (χ0) is 16.4. The second-order valence-electron chi connectivity index (χ2n) is 5.49. The predicted octanol–water partition coefficient (Wildman–Crippen LogP) is 3.35. The van der Waals surface area contributed by atoms with Gasteiger partial charge in [0.25, 0.3) is 5.69 Å². The number of methoxy groups -OCH3 is 1. The van der Waals surface area contributed by atoms with E-state index in [0.717, 1.165) is 12.0 Å². The summed E-state index contributed by atoms with van der Waals surface area (Å²) in [5, 5.41) is 13.6. The molecule has 0 aliphatic heterocycles. The summed E-state index contributed by atoms with van der Waals surface area (Å²) in [4.78, 5) is 22.6. The third kappa shape index (κ3) is 3.15. The molecule has 0 heterocycles. The summed E-state index contributed by atoms with van der Waals surface area (Å²) >= 11 is 0. The van der Waals surface area contributed by atoms with Crippen molar-refractivity contribution in [2.45, 2.75) is 12.3 Å². The second kappa shape index (κ2) is 6.08. The molecule has 1 N–H and O–H groups in total. The van der Waals surface area contributed by atoms with E-state index in [4.69, 9.17) is 4.74 Å². The Hall–Kier alpha value is -2.89. The number of non-ortho nitro benzene ring substituents is 1. The Morgan fingerprint density at radius 2 is 2.00 bits per heavy atom. The molecule has 2 atom stereocenters. The van der Waals surface area contributed by atoms with Gasteiger partial charge in [0.1, 0.15) is 5.75 Å². The molecule has 23 heavy (non-hydrogen) atoms. The van der Waals surface area contributed by atoms with Crippen LogP contribution in [0.15, 0.2) is 48.5 Å². The first-order valence-corrected chi connectivity index (χ1v) is 7.28. The number of amides is 1. The van der Waals surface area contributed by atoms with Crippen molar-refractivity contribution in [1.29, 1.82) is 0 Å². The van der Waals surface area contributed by atoms with Crippen LogP contribution in [0.3, 0.4) is 0 Å². The first-order chi connectivity index (χ1) is 11.1. The summed E-state index contributed by atoms with van der Waals surface area (Å²) in [6, 6.07) is 14.0. The minimum absolute atomic E-state index is 0.0719. The fourth-order valence-corrected chi connectivity index (χ4v) is 2.68. The van der Waals surface area contributed by atoms with E-state index in [2.05, 4.69) is 5.32 Å². The van der Waals surface area contributed by atoms with Gasteiger partial charge in [0, 0.05) is 12.0 Å². The van der Waals surface area contributed by atoms with Crippen LogP contribution in [0.1, 0.15) is 17.9 Å². The van der Waals surface area contributed by atoms with Crippen LogP contribution < -0.4 is 10.1 Å². The normalized spacial score (nSPS) is 19.0. The van der Waals surface area contributed by atoms with E-state index in [1.54, 1.807) is 0 Å². The highest BCUT2D eigenvalue weighted by atomic mass is 16.6. The number of carbonyl (C=O) groups is 1. The van der Waals surface area contributed by atoms with E-state index in [1.807, 2.05) is 30.3 Å². The average Bonchev–Trinajstić information content (AvgIpc) is 3.36. The molecule has 0 spiro atoms. The van der Waals surface area contributed by atoms with Crippen molar-refractivity contribution in [3.8, 4) is 5.75 Å². The van der Waals surface area contributed by atoms with Crippen LogP contribution in [0, 0.1) is 16.0 Å². The molecule has 1 fully saturated rings. The zero-order valence-corrected chi connectivity index (χ0v) is 12.6. The number of benzene rings is 2. The maximum absolute atomic E-state index is 12.3. The standard InChI is InChI=1S/C17H16N2O4/c1-23-16-9-12(19(21)22)7-8-15(16)18-17(20)14-10-13(14)11-5-3-2-4-6-11/h2-9,13-14H,10H2,1H3,(H,18,20)/t13-,14+/m1/s1. The van der Waals surface area contributed by atoms with Crippen LogP contribution in [-0.2, 0) is 4.79 Å². The van der Waals surface area contributed by atoms with Crippen molar-refractivity contribution in [1.82, 2.24) is 0 Å². The van der Waals surface area contributed by atoms with E-state index in [0.29, 0.717) is 5.69 Å². The number of nitrogens with one attached hydrogen (secondary N) is 1. The van der Waals surface area contributed by atoms with E-state index < -0.39 is 4.92 Å². The summed E-state index contributed by atoms with van der Waals surface area (Å²) in [5.41, 5.74) is 1.53. The van der Waals surface area contributed by atoms with Gasteiger partial charge in [0.2, 0.25) is 5.91 Å². The predicted molar refractivity (Wildman–Crippen MR) is 85.6 cm³/mol. The molecule has 2 aromatic rings. The van der Waals surface area contributed by atoms with E-state index in [-0.39, 0.29) is 29.2 Å². The van der Waals surface area contributed by atoms with Crippen LogP contribution >= 0.6 is 0 Å². The smallest absolute Gasteiger partial charge is 0.273 e. The molecule has 1 aliphatic rings. The maximum atomic E-state index is 12.3. The number of ether oxygens (including phenoxy) is 1. The van der Waals surface area contributed by atoms with Crippen molar-refractivity contribution >= 4 is 17.3 Å². The monoisotopic (exact) mass is 312 g/mol. The second-order valence-corrected chi connectivity index (χ2v) is 5.49. The molecule has 118 valence electrons. The van der Waals surface area contributed by atoms with E-state index in [9.17, 15) is 14.9 Å². The third-order valence-electron chi connectivity index (χ3n) is 4.01. The lowest BCUT2D eigenvalue weighted by atomic mass is 10.1. The average molecular weight is 312 g/mol. The topological polar surface area (TPSA) is 81.5 Å². The van der Waals surface area contributed by atoms with Gasteiger partial charge in [-0.3, -0.25) is 14.9 Å². The van der Waals surface area contributed by atoms with Crippen LogP contribution in [0.25, 0.3) is 0 Å². The van der Waals surface area contributed by atoms with Gasteiger partial charge < -0.3 is 10.1 Å². The molecule has 1 aliphatic carbocycles. The highest BCUT2D eigenvalue weighted by Crippen LogP contribution is 2.48. The van der Waals surface area contributed by atoms with Crippen LogP contribution in [0.2, 0.25) is 0 Å². The number of carbonyl (C=O) groups excluding carboxylic acids is 1. The van der Waals surface area contributed by atoms with Crippen molar-refractivity contribution in [2.24, 2.45) is 5.92 Å². The molecule has 0 saturated heterocycles. The van der Waals surface area contributed by atoms with Gasteiger partial charge in [-0.15, -0.1) is 0 Å². The van der Waals surface area contributed by atoms with Gasteiger partial charge in [0.15, 0.2) is 0 Å². The summed E-state index contributed by atoms with van der Waals surface area (Å²) in [5.74, 6) is 0.355. The Bertz CT molecular complexity index is 746. The molecule has 0 bridgehead atoms. The molecule has 6 nitrogen and oxygen atoms in total. The highest BCUT2D eigenvalue weighted by molar-refractivity contribution is 5.96. The summed E-state index contributed by atoms with van der Waals surface area (Å²) < 4.78 is 5.13. The summed E-state index contributed by atoms with van der Waals surface area (Å²) in [6.07, 6.45) is 0.811. The first-order valence-electron chi connectivity index (χ1n) is 7.28. The van der Waals surface area contributed by atoms with Crippen molar-refractivity contribution in [2.75, 3.05) is 12.4 Å². The molecular formula is C17H16N2O4. The largest absolute Gasteiger partial charge is 0.494 e. The van der Waals surface area contributed by atoms with Gasteiger partial charge in [-0.25, -0.2) is 0 Å². The first kappa shape index (κ1) is 15.0. The molecule has 1 amide bonds. The van der Waals surface area contributed by atoms with Crippen molar-refractivity contribution in [3.05, 3.63) is 64.2 Å². The minimum atomic E-state index is -0.500. The van der Waals surface area contributed by atoms with Crippen LogP contribution in [-0.4, -0.2) is 17.9 Å². The Balaban J connectivity index is 1.71. The molecule has 1 saturated carbocycles. The summed E-state index contributed by atoms with van der Waals surface area (Å²) in [6.45, 7) is 0. The molecule has 0 radical (unpaired) electrons. The lowest BCUT2D eigenvalue weighted by Crippen LogP contribution is -2.15. The highest BCUT2D eigenvalue weighted by Gasteiger charge is 2.44. The number of rotatable bonds is 5. The Kier molecular flexibility index (Phi) is 3.97. The lowest BCUT2D eigenvalue weighted by Gasteiger charge is -2.10. The fraction of sp³-hybridized carbons (Fsp3) is 0.235. The van der Waals surface area contributed by atoms with E-state index >= 15 is 0 Å². The number of hydrogen-bond donors (Lipinski definition) is 1. The van der Waals surface area contributed by atoms with Gasteiger partial charge >= 0.3 is 0 Å².